The molecule has 0 spiro atoms. The van der Waals surface area contributed by atoms with Crippen molar-refractivity contribution in [2.45, 2.75) is 6.54 Å². The molecule has 0 aliphatic heterocycles. The lowest BCUT2D eigenvalue weighted by atomic mass is 10.2. The maximum Gasteiger partial charge on any atom is 0.254 e. The van der Waals surface area contributed by atoms with Gasteiger partial charge in [-0.15, -0.1) is 0 Å². The highest BCUT2D eigenvalue weighted by molar-refractivity contribution is 7.08. The molecular formula is C14H11N3O2S. The van der Waals surface area contributed by atoms with Gasteiger partial charge in [0.25, 0.3) is 5.91 Å². The monoisotopic (exact) mass is 285 g/mol. The van der Waals surface area contributed by atoms with Gasteiger partial charge in [-0.25, -0.2) is 0 Å². The molecule has 1 N–H and O–H groups in total. The van der Waals surface area contributed by atoms with Gasteiger partial charge in [-0.1, -0.05) is 0 Å². The minimum atomic E-state index is -0.194. The fraction of sp³-hybridized carbons (Fsp3) is 0.0714. The van der Waals surface area contributed by atoms with E-state index in [0.29, 0.717) is 12.1 Å². The van der Waals surface area contributed by atoms with Gasteiger partial charge in [0.15, 0.2) is 0 Å². The number of amides is 1. The van der Waals surface area contributed by atoms with Crippen LogP contribution in [0.5, 0.6) is 0 Å². The molecule has 0 aliphatic rings. The highest BCUT2D eigenvalue weighted by Gasteiger charge is 2.11. The van der Waals surface area contributed by atoms with Gasteiger partial charge in [-0.2, -0.15) is 11.3 Å². The maximum absolute atomic E-state index is 11.9. The molecule has 100 valence electrons. The van der Waals surface area contributed by atoms with Crippen molar-refractivity contribution < 1.29 is 9.21 Å². The van der Waals surface area contributed by atoms with Gasteiger partial charge < -0.3 is 9.73 Å². The first-order valence-electron chi connectivity index (χ1n) is 5.97. The Labute approximate surface area is 119 Å². The zero-order valence-corrected chi connectivity index (χ0v) is 11.3. The van der Waals surface area contributed by atoms with Gasteiger partial charge in [-0.3, -0.25) is 14.8 Å². The number of aromatic nitrogens is 2. The summed E-state index contributed by atoms with van der Waals surface area (Å²) in [6.07, 6.45) is 6.14. The highest BCUT2D eigenvalue weighted by Crippen LogP contribution is 2.22. The van der Waals surface area contributed by atoms with Crippen LogP contribution < -0.4 is 5.32 Å². The fourth-order valence-corrected chi connectivity index (χ4v) is 2.44. The number of thiophene rings is 1. The summed E-state index contributed by atoms with van der Waals surface area (Å²) in [6, 6.07) is 3.60. The van der Waals surface area contributed by atoms with Crippen molar-refractivity contribution in [1.29, 1.82) is 0 Å². The van der Waals surface area contributed by atoms with Gasteiger partial charge >= 0.3 is 0 Å². The molecular weight excluding hydrogens is 274 g/mol. The average Bonchev–Trinajstić information content (AvgIpc) is 3.17. The number of carbonyl (C=O) groups is 1. The van der Waals surface area contributed by atoms with Crippen molar-refractivity contribution in [2.24, 2.45) is 0 Å². The summed E-state index contributed by atoms with van der Waals surface area (Å²) in [7, 11) is 0. The van der Waals surface area contributed by atoms with Crippen LogP contribution in [-0.2, 0) is 6.54 Å². The molecule has 5 nitrogen and oxygen atoms in total. The predicted octanol–water partition coefficient (Wildman–Crippen LogP) is 2.73. The molecule has 0 saturated carbocycles. The molecule has 0 aliphatic carbocycles. The van der Waals surface area contributed by atoms with Crippen LogP contribution in [-0.4, -0.2) is 15.9 Å². The Bertz CT molecular complexity index is 693. The molecule has 0 aromatic carbocycles. The molecule has 3 heterocycles. The molecule has 20 heavy (non-hydrogen) atoms. The number of hydrogen-bond acceptors (Lipinski definition) is 5. The third-order valence-electron chi connectivity index (χ3n) is 2.77. The Morgan fingerprint density at radius 2 is 2.20 bits per heavy atom. The normalized spacial score (nSPS) is 10.4. The summed E-state index contributed by atoms with van der Waals surface area (Å²) < 4.78 is 4.88. The van der Waals surface area contributed by atoms with E-state index >= 15 is 0 Å². The van der Waals surface area contributed by atoms with Crippen molar-refractivity contribution >= 4 is 17.2 Å². The second-order valence-electron chi connectivity index (χ2n) is 4.06. The Morgan fingerprint density at radius 3 is 2.95 bits per heavy atom. The van der Waals surface area contributed by atoms with E-state index in [0.717, 1.165) is 17.0 Å². The van der Waals surface area contributed by atoms with E-state index in [9.17, 15) is 4.79 Å². The van der Waals surface area contributed by atoms with Crippen LogP contribution in [0.25, 0.3) is 11.3 Å². The number of hydrogen-bond donors (Lipinski definition) is 1. The van der Waals surface area contributed by atoms with E-state index in [2.05, 4.69) is 15.3 Å². The van der Waals surface area contributed by atoms with E-state index in [4.69, 9.17) is 4.42 Å². The van der Waals surface area contributed by atoms with E-state index < -0.39 is 0 Å². The topological polar surface area (TPSA) is 68.0 Å². The summed E-state index contributed by atoms with van der Waals surface area (Å²) in [5.41, 5.74) is 3.03. The van der Waals surface area contributed by atoms with Crippen LogP contribution >= 0.6 is 11.3 Å². The quantitative estimate of drug-likeness (QED) is 0.800. The van der Waals surface area contributed by atoms with Crippen LogP contribution in [0.4, 0.5) is 0 Å². The molecule has 1 amide bonds. The minimum Gasteiger partial charge on any atom is -0.472 e. The van der Waals surface area contributed by atoms with Gasteiger partial charge in [0.05, 0.1) is 29.8 Å². The van der Waals surface area contributed by atoms with Crippen molar-refractivity contribution in [3.8, 4) is 11.3 Å². The van der Waals surface area contributed by atoms with Crippen molar-refractivity contribution in [3.05, 3.63) is 59.1 Å². The summed E-state index contributed by atoms with van der Waals surface area (Å²) in [6.45, 7) is 0.322. The Morgan fingerprint density at radius 1 is 1.30 bits per heavy atom. The van der Waals surface area contributed by atoms with E-state index in [-0.39, 0.29) is 5.91 Å². The van der Waals surface area contributed by atoms with Gasteiger partial charge in [0.1, 0.15) is 6.26 Å². The van der Waals surface area contributed by atoms with Crippen molar-refractivity contribution in [1.82, 2.24) is 15.3 Å². The number of nitrogens with zero attached hydrogens (tertiary/aromatic N) is 2. The second kappa shape index (κ2) is 5.66. The lowest BCUT2D eigenvalue weighted by Gasteiger charge is -2.07. The molecule has 0 unspecified atom stereocenters. The molecule has 0 saturated heterocycles. The minimum absolute atomic E-state index is 0.194. The summed E-state index contributed by atoms with van der Waals surface area (Å²) in [4.78, 5) is 20.5. The van der Waals surface area contributed by atoms with Gasteiger partial charge in [0.2, 0.25) is 0 Å². The zero-order chi connectivity index (χ0) is 13.8. The molecule has 3 aromatic heterocycles. The largest absolute Gasteiger partial charge is 0.472 e. The SMILES string of the molecule is O=C(NCc1nccnc1-c1ccsc1)c1ccoc1. The smallest absolute Gasteiger partial charge is 0.254 e. The molecule has 0 radical (unpaired) electrons. The summed E-state index contributed by atoms with van der Waals surface area (Å²) >= 11 is 1.60. The Hall–Kier alpha value is -2.47. The lowest BCUT2D eigenvalue weighted by Crippen LogP contribution is -2.23. The third kappa shape index (κ3) is 2.60. The van der Waals surface area contributed by atoms with E-state index in [1.54, 1.807) is 29.8 Å². The fourth-order valence-electron chi connectivity index (χ4n) is 1.80. The van der Waals surface area contributed by atoms with E-state index in [1.807, 2.05) is 16.8 Å². The Kier molecular flexibility index (Phi) is 3.56. The number of carbonyl (C=O) groups excluding carboxylic acids is 1. The predicted molar refractivity (Wildman–Crippen MR) is 75.2 cm³/mol. The first kappa shape index (κ1) is 12.6. The van der Waals surface area contributed by atoms with Crippen LogP contribution in [0.2, 0.25) is 0 Å². The average molecular weight is 285 g/mol. The van der Waals surface area contributed by atoms with Crippen LogP contribution in [0.15, 0.2) is 52.2 Å². The summed E-state index contributed by atoms with van der Waals surface area (Å²) in [5, 5.41) is 6.80. The van der Waals surface area contributed by atoms with Crippen LogP contribution in [0.1, 0.15) is 16.1 Å². The van der Waals surface area contributed by atoms with Crippen LogP contribution in [0, 0.1) is 0 Å². The van der Waals surface area contributed by atoms with Crippen LogP contribution in [0.3, 0.4) is 0 Å². The molecule has 3 aromatic rings. The van der Waals surface area contributed by atoms with Gasteiger partial charge in [-0.05, 0) is 17.5 Å². The first-order chi connectivity index (χ1) is 9.84. The maximum atomic E-state index is 11.9. The van der Waals surface area contributed by atoms with Gasteiger partial charge in [0, 0.05) is 23.3 Å². The number of furan rings is 1. The third-order valence-corrected chi connectivity index (χ3v) is 3.45. The summed E-state index contributed by atoms with van der Waals surface area (Å²) in [5.74, 6) is -0.194. The standard InChI is InChI=1S/C14H11N3O2S/c18-14(10-1-5-19-8-10)17-7-12-13(16-4-3-15-12)11-2-6-20-9-11/h1-6,8-9H,7H2,(H,17,18). The molecule has 6 heteroatoms. The number of nitrogens with one attached hydrogen (secondary N) is 1. The highest BCUT2D eigenvalue weighted by atomic mass is 32.1. The lowest BCUT2D eigenvalue weighted by molar-refractivity contribution is 0.0950. The Balaban J connectivity index is 1.77. The van der Waals surface area contributed by atoms with Crippen molar-refractivity contribution in [2.75, 3.05) is 0 Å². The zero-order valence-electron chi connectivity index (χ0n) is 10.4. The first-order valence-corrected chi connectivity index (χ1v) is 6.92. The molecule has 0 fully saturated rings. The van der Waals surface area contributed by atoms with E-state index in [1.165, 1.54) is 12.5 Å². The van der Waals surface area contributed by atoms with Crippen molar-refractivity contribution in [3.63, 3.8) is 0 Å². The molecule has 3 rings (SSSR count). The number of rotatable bonds is 4. The second-order valence-corrected chi connectivity index (χ2v) is 4.84. The molecule has 0 bridgehead atoms. The molecule has 0 atom stereocenters.